The highest BCUT2D eigenvalue weighted by Gasteiger charge is 2.15. The second-order valence-corrected chi connectivity index (χ2v) is 5.40. The van der Waals surface area contributed by atoms with Gasteiger partial charge in [0.2, 0.25) is 5.91 Å². The SMILES string of the molecule is CC(C(=O)Nc1ccc(OCc2cn[nH]c2)cn1)c1ccccc1. The number of amides is 1. The first kappa shape index (κ1) is 15.7. The third kappa shape index (κ3) is 3.98. The van der Waals surface area contributed by atoms with Crippen LogP contribution >= 0.6 is 0 Å². The molecule has 2 aromatic heterocycles. The maximum atomic E-state index is 12.3. The molecule has 0 aliphatic heterocycles. The van der Waals surface area contributed by atoms with Crippen LogP contribution < -0.4 is 10.1 Å². The van der Waals surface area contributed by atoms with Gasteiger partial charge in [-0.05, 0) is 24.6 Å². The predicted octanol–water partition coefficient (Wildman–Crippen LogP) is 3.13. The normalized spacial score (nSPS) is 11.7. The largest absolute Gasteiger partial charge is 0.487 e. The molecule has 0 spiro atoms. The molecule has 3 rings (SSSR count). The second kappa shape index (κ2) is 7.41. The van der Waals surface area contributed by atoms with Crippen molar-refractivity contribution in [3.63, 3.8) is 0 Å². The quantitative estimate of drug-likeness (QED) is 0.731. The van der Waals surface area contributed by atoms with Crippen LogP contribution in [-0.2, 0) is 11.4 Å². The summed E-state index contributed by atoms with van der Waals surface area (Å²) >= 11 is 0. The Morgan fingerprint density at radius 1 is 1.21 bits per heavy atom. The first-order chi connectivity index (χ1) is 11.7. The van der Waals surface area contributed by atoms with Gasteiger partial charge in [0, 0.05) is 11.8 Å². The van der Waals surface area contributed by atoms with Crippen molar-refractivity contribution in [1.82, 2.24) is 15.2 Å². The minimum absolute atomic E-state index is 0.0965. The van der Waals surface area contributed by atoms with Gasteiger partial charge < -0.3 is 10.1 Å². The fraction of sp³-hybridized carbons (Fsp3) is 0.167. The van der Waals surface area contributed by atoms with Gasteiger partial charge in [0.05, 0.1) is 18.3 Å². The van der Waals surface area contributed by atoms with Gasteiger partial charge in [-0.25, -0.2) is 4.98 Å². The van der Waals surface area contributed by atoms with Gasteiger partial charge in [-0.15, -0.1) is 0 Å². The Morgan fingerprint density at radius 3 is 2.71 bits per heavy atom. The van der Waals surface area contributed by atoms with Crippen molar-refractivity contribution in [2.45, 2.75) is 19.4 Å². The highest BCUT2D eigenvalue weighted by atomic mass is 16.5. The molecular weight excluding hydrogens is 304 g/mol. The zero-order chi connectivity index (χ0) is 16.8. The maximum Gasteiger partial charge on any atom is 0.232 e. The van der Waals surface area contributed by atoms with E-state index in [1.165, 1.54) is 0 Å². The summed E-state index contributed by atoms with van der Waals surface area (Å²) in [6.07, 6.45) is 5.06. The van der Waals surface area contributed by atoms with E-state index in [1.807, 2.05) is 37.3 Å². The number of rotatable bonds is 6. The van der Waals surface area contributed by atoms with Gasteiger partial charge in [-0.2, -0.15) is 5.10 Å². The smallest absolute Gasteiger partial charge is 0.232 e. The molecule has 0 aliphatic carbocycles. The van der Waals surface area contributed by atoms with Crippen molar-refractivity contribution >= 4 is 11.7 Å². The standard InChI is InChI=1S/C18H18N4O2/c1-13(15-5-3-2-4-6-15)18(23)22-17-8-7-16(11-19-17)24-12-14-9-20-21-10-14/h2-11,13H,12H2,1H3,(H,20,21)(H,19,22,23). The molecule has 1 aromatic carbocycles. The summed E-state index contributed by atoms with van der Waals surface area (Å²) in [4.78, 5) is 16.5. The number of carbonyl (C=O) groups excluding carboxylic acids is 1. The molecule has 1 amide bonds. The van der Waals surface area contributed by atoms with Crippen molar-refractivity contribution in [1.29, 1.82) is 0 Å². The zero-order valence-corrected chi connectivity index (χ0v) is 13.3. The Morgan fingerprint density at radius 2 is 2.04 bits per heavy atom. The third-order valence-electron chi connectivity index (χ3n) is 3.64. The Bertz CT molecular complexity index is 771. The number of aromatic amines is 1. The predicted molar refractivity (Wildman–Crippen MR) is 90.6 cm³/mol. The Hall–Kier alpha value is -3.15. The topological polar surface area (TPSA) is 79.9 Å². The molecule has 3 aromatic rings. The molecule has 0 fully saturated rings. The number of carbonyl (C=O) groups is 1. The summed E-state index contributed by atoms with van der Waals surface area (Å²) in [7, 11) is 0. The average molecular weight is 322 g/mol. The lowest BCUT2D eigenvalue weighted by atomic mass is 10.0. The highest BCUT2D eigenvalue weighted by molar-refractivity contribution is 5.94. The Labute approximate surface area is 139 Å². The van der Waals surface area contributed by atoms with Crippen molar-refractivity contribution in [2.24, 2.45) is 0 Å². The first-order valence-corrected chi connectivity index (χ1v) is 7.64. The number of nitrogens with zero attached hydrogens (tertiary/aromatic N) is 2. The van der Waals surface area contributed by atoms with Crippen LogP contribution in [0.5, 0.6) is 5.75 Å². The minimum atomic E-state index is -0.245. The number of anilines is 1. The molecule has 6 heteroatoms. The molecular formula is C18H18N4O2. The van der Waals surface area contributed by atoms with Crippen molar-refractivity contribution in [2.75, 3.05) is 5.32 Å². The number of nitrogens with one attached hydrogen (secondary N) is 2. The lowest BCUT2D eigenvalue weighted by molar-refractivity contribution is -0.117. The van der Waals surface area contributed by atoms with Gasteiger partial charge in [0.15, 0.2) is 0 Å². The van der Waals surface area contributed by atoms with Crippen LogP contribution in [0.15, 0.2) is 61.1 Å². The summed E-state index contributed by atoms with van der Waals surface area (Å²) in [5, 5.41) is 9.40. The molecule has 0 bridgehead atoms. The number of pyridine rings is 1. The van der Waals surface area contributed by atoms with Gasteiger partial charge in [0.25, 0.3) is 0 Å². The summed E-state index contributed by atoms with van der Waals surface area (Å²) in [5.74, 6) is 0.787. The lowest BCUT2D eigenvalue weighted by Crippen LogP contribution is -2.19. The van der Waals surface area contributed by atoms with E-state index in [-0.39, 0.29) is 11.8 Å². The van der Waals surface area contributed by atoms with Crippen LogP contribution in [0.25, 0.3) is 0 Å². The summed E-state index contributed by atoms with van der Waals surface area (Å²) in [6.45, 7) is 2.28. The molecule has 24 heavy (non-hydrogen) atoms. The summed E-state index contributed by atoms with van der Waals surface area (Å²) < 4.78 is 5.59. The number of benzene rings is 1. The number of H-pyrrole nitrogens is 1. The molecule has 1 atom stereocenters. The van der Waals surface area contributed by atoms with E-state index in [0.29, 0.717) is 18.2 Å². The van der Waals surface area contributed by atoms with Crippen LogP contribution in [-0.4, -0.2) is 21.1 Å². The average Bonchev–Trinajstić information content (AvgIpc) is 3.15. The number of hydrogen-bond acceptors (Lipinski definition) is 4. The van der Waals surface area contributed by atoms with Crippen LogP contribution in [0.4, 0.5) is 5.82 Å². The monoisotopic (exact) mass is 322 g/mol. The highest BCUT2D eigenvalue weighted by Crippen LogP contribution is 2.18. The summed E-state index contributed by atoms with van der Waals surface area (Å²) in [5.41, 5.74) is 1.92. The van der Waals surface area contributed by atoms with Gasteiger partial charge in [-0.3, -0.25) is 9.89 Å². The molecule has 0 aliphatic rings. The van der Waals surface area contributed by atoms with Crippen molar-refractivity contribution in [3.8, 4) is 5.75 Å². The van der Waals surface area contributed by atoms with E-state index < -0.39 is 0 Å². The maximum absolute atomic E-state index is 12.3. The van der Waals surface area contributed by atoms with E-state index in [2.05, 4.69) is 20.5 Å². The molecule has 2 heterocycles. The molecule has 0 saturated carbocycles. The van der Waals surface area contributed by atoms with E-state index in [4.69, 9.17) is 4.74 Å². The zero-order valence-electron chi connectivity index (χ0n) is 13.3. The fourth-order valence-corrected chi connectivity index (χ4v) is 2.19. The van der Waals surface area contributed by atoms with Crippen LogP contribution in [0.1, 0.15) is 24.0 Å². The Kier molecular flexibility index (Phi) is 4.86. The number of hydrogen-bond donors (Lipinski definition) is 2. The van der Waals surface area contributed by atoms with Gasteiger partial charge in [-0.1, -0.05) is 30.3 Å². The molecule has 1 unspecified atom stereocenters. The van der Waals surface area contributed by atoms with E-state index in [0.717, 1.165) is 11.1 Å². The molecule has 122 valence electrons. The molecule has 0 saturated heterocycles. The van der Waals surface area contributed by atoms with Crippen LogP contribution in [0.3, 0.4) is 0 Å². The minimum Gasteiger partial charge on any atom is -0.487 e. The lowest BCUT2D eigenvalue weighted by Gasteiger charge is -2.12. The third-order valence-corrected chi connectivity index (χ3v) is 3.64. The van der Waals surface area contributed by atoms with Crippen molar-refractivity contribution < 1.29 is 9.53 Å². The molecule has 2 N–H and O–H groups in total. The summed E-state index contributed by atoms with van der Waals surface area (Å²) in [6, 6.07) is 13.1. The second-order valence-electron chi connectivity index (χ2n) is 5.40. The van der Waals surface area contributed by atoms with E-state index in [1.54, 1.807) is 30.7 Å². The Balaban J connectivity index is 1.56. The van der Waals surface area contributed by atoms with E-state index >= 15 is 0 Å². The number of aromatic nitrogens is 3. The molecule has 6 nitrogen and oxygen atoms in total. The first-order valence-electron chi connectivity index (χ1n) is 7.64. The molecule has 0 radical (unpaired) electrons. The number of ether oxygens (including phenoxy) is 1. The van der Waals surface area contributed by atoms with Crippen molar-refractivity contribution in [3.05, 3.63) is 72.2 Å². The van der Waals surface area contributed by atoms with Gasteiger partial charge in [0.1, 0.15) is 18.2 Å². The van der Waals surface area contributed by atoms with E-state index in [9.17, 15) is 4.79 Å². The fourth-order valence-electron chi connectivity index (χ4n) is 2.19. The van der Waals surface area contributed by atoms with Crippen LogP contribution in [0, 0.1) is 0 Å². The van der Waals surface area contributed by atoms with Crippen LogP contribution in [0.2, 0.25) is 0 Å². The van der Waals surface area contributed by atoms with Gasteiger partial charge >= 0.3 is 0 Å².